The molecule has 0 unspecified atom stereocenters. The number of hydrogen-bond acceptors (Lipinski definition) is 10. The third-order valence-corrected chi connectivity index (χ3v) is 15.0. The number of aliphatic imine (C=N–C) groups is 1. The second-order valence-corrected chi connectivity index (χ2v) is 21.0. The third kappa shape index (κ3) is 10.6. The van der Waals surface area contributed by atoms with Crippen LogP contribution in [0, 0.1) is 26.2 Å². The molecule has 362 valence electrons. The van der Waals surface area contributed by atoms with E-state index in [4.69, 9.17) is 21.3 Å². The Kier molecular flexibility index (Phi) is 14.7. The number of nitrogens with one attached hydrogen (secondary N) is 2. The summed E-state index contributed by atoms with van der Waals surface area (Å²) in [5.74, 6) is 0.984. The van der Waals surface area contributed by atoms with Crippen LogP contribution in [-0.4, -0.2) is 116 Å². The second kappa shape index (κ2) is 20.5. The molecule has 3 aromatic heterocycles. The van der Waals surface area contributed by atoms with Crippen molar-refractivity contribution < 1.29 is 23.9 Å². The Bertz CT molecular complexity index is 2960. The molecule has 0 bridgehead atoms. The first-order chi connectivity index (χ1) is 33.0. The van der Waals surface area contributed by atoms with Crippen LogP contribution in [0.15, 0.2) is 84.4 Å². The van der Waals surface area contributed by atoms with Gasteiger partial charge in [0.2, 0.25) is 11.8 Å². The molecule has 2 aliphatic rings. The fraction of sp³-hybridized carbons (Fsp3) is 0.415. The van der Waals surface area contributed by atoms with Gasteiger partial charge in [0, 0.05) is 88.7 Å². The normalized spacial score (nSPS) is 15.4. The summed E-state index contributed by atoms with van der Waals surface area (Å²) in [6.45, 7) is 22.7. The molecule has 1 fully saturated rings. The number of aryl methyl sites for hydroxylation is 2. The molecule has 6 aromatic rings. The molecule has 3 aromatic carbocycles. The maximum Gasteiger partial charge on any atom is 0.254 e. The van der Waals surface area contributed by atoms with Crippen molar-refractivity contribution in [3.05, 3.63) is 123 Å². The minimum atomic E-state index is -0.610. The predicted octanol–water partition coefficient (Wildman–Crippen LogP) is 8.81. The van der Waals surface area contributed by atoms with Crippen LogP contribution in [-0.2, 0) is 14.3 Å². The number of carbonyl (C=O) groups is 4. The van der Waals surface area contributed by atoms with E-state index in [1.807, 2.05) is 94.1 Å². The molecule has 16 heteroatoms. The average molecular weight is 973 g/mol. The van der Waals surface area contributed by atoms with Crippen LogP contribution >= 0.6 is 22.9 Å². The second-order valence-electron chi connectivity index (χ2n) is 19.3. The van der Waals surface area contributed by atoms with Crippen LogP contribution in [0.1, 0.15) is 108 Å². The summed E-state index contributed by atoms with van der Waals surface area (Å²) < 4.78 is 9.98. The smallest absolute Gasteiger partial charge is 0.254 e. The van der Waals surface area contributed by atoms with E-state index in [1.54, 1.807) is 28.0 Å². The van der Waals surface area contributed by atoms with Gasteiger partial charge in [-0.3, -0.25) is 38.2 Å². The number of hydrogen-bond donors (Lipinski definition) is 2. The number of thiophene rings is 1. The number of aromatic nitrogens is 4. The number of halogens is 1. The number of ether oxygens (including phenoxy) is 1. The zero-order valence-electron chi connectivity index (χ0n) is 40.7. The molecule has 0 radical (unpaired) electrons. The molecule has 1 saturated heterocycles. The highest BCUT2D eigenvalue weighted by Gasteiger charge is 2.35. The summed E-state index contributed by atoms with van der Waals surface area (Å²) in [6, 6.07) is 20.1. The van der Waals surface area contributed by atoms with E-state index in [1.165, 1.54) is 11.0 Å². The Morgan fingerprint density at radius 3 is 2.35 bits per heavy atom. The van der Waals surface area contributed by atoms with Gasteiger partial charge in [-0.1, -0.05) is 62.4 Å². The molecular formula is C53H62ClN9O5S. The highest BCUT2D eigenvalue weighted by molar-refractivity contribution is 7.15. The van der Waals surface area contributed by atoms with E-state index in [0.29, 0.717) is 62.0 Å². The Morgan fingerprint density at radius 1 is 0.884 bits per heavy atom. The number of amides is 3. The average Bonchev–Trinajstić information content (AvgIpc) is 3.94. The van der Waals surface area contributed by atoms with Gasteiger partial charge in [0.05, 0.1) is 28.8 Å². The molecule has 0 aliphatic carbocycles. The van der Waals surface area contributed by atoms with Gasteiger partial charge in [-0.25, -0.2) is 0 Å². The van der Waals surface area contributed by atoms with Crippen LogP contribution in [0.5, 0.6) is 0 Å². The standard InChI is InChI=1S/C53H62ClN9O5S/c1-9-45(65)63-42-14-11-10-13-39(42)40-31-37(17-20-43(40)63)49(66)56-24-21-53(7,8)68-30-22-52(5,6)51(67)61-28-26-60(27-29-61)25-12-23-55-44(64)32-41-48-59-58-35(4)62(48)50-46(33(2)34(3)69-50)47(57-41)36-15-18-38(54)19-16-36/h9-11,13-20,31,41H,1,12,21-30,32H2,2-8H3,(H,55,64)(H,56,66)/t41-/m0/s1. The minimum absolute atomic E-state index is 0.100. The van der Waals surface area contributed by atoms with Gasteiger partial charge in [-0.2, -0.15) is 0 Å². The zero-order valence-corrected chi connectivity index (χ0v) is 42.2. The van der Waals surface area contributed by atoms with Crippen LogP contribution in [0.25, 0.3) is 26.8 Å². The van der Waals surface area contributed by atoms with E-state index in [-0.39, 0.29) is 30.0 Å². The summed E-state index contributed by atoms with van der Waals surface area (Å²) in [5, 5.41) is 18.5. The van der Waals surface area contributed by atoms with Crippen LogP contribution in [0.2, 0.25) is 5.02 Å². The zero-order chi connectivity index (χ0) is 49.2. The number of para-hydroxylation sites is 1. The van der Waals surface area contributed by atoms with Gasteiger partial charge < -0.3 is 20.3 Å². The van der Waals surface area contributed by atoms with E-state index in [2.05, 4.69) is 50.7 Å². The molecule has 0 spiro atoms. The van der Waals surface area contributed by atoms with Crippen LogP contribution in [0.3, 0.4) is 0 Å². The molecule has 5 heterocycles. The van der Waals surface area contributed by atoms with Crippen molar-refractivity contribution in [2.45, 2.75) is 85.8 Å². The molecule has 2 N–H and O–H groups in total. The van der Waals surface area contributed by atoms with Crippen molar-refractivity contribution in [2.75, 3.05) is 52.4 Å². The quantitative estimate of drug-likeness (QED) is 0.0679. The fourth-order valence-corrected chi connectivity index (χ4v) is 10.6. The first-order valence-electron chi connectivity index (χ1n) is 23.7. The SMILES string of the molecule is C=CC(=O)n1c2ccccc2c2cc(C(=O)NCCC(C)(C)OCCC(C)(C)C(=O)N3CCN(CCCNC(=O)C[C@@H]4N=C(c5ccc(Cl)cc5)c5c(sc(C)c5C)-n5c(C)nnc54)CC3)ccc21. The van der Waals surface area contributed by atoms with Crippen molar-refractivity contribution in [3.8, 4) is 5.00 Å². The number of nitrogens with zero attached hydrogens (tertiary/aromatic N) is 7. The van der Waals surface area contributed by atoms with E-state index in [9.17, 15) is 19.2 Å². The number of allylic oxidation sites excluding steroid dienone is 1. The molecular weight excluding hydrogens is 910 g/mol. The predicted molar refractivity (Wildman–Crippen MR) is 274 cm³/mol. The highest BCUT2D eigenvalue weighted by atomic mass is 35.5. The molecule has 8 rings (SSSR count). The summed E-state index contributed by atoms with van der Waals surface area (Å²) >= 11 is 7.95. The van der Waals surface area contributed by atoms with Crippen molar-refractivity contribution in [1.82, 2.24) is 39.8 Å². The molecule has 14 nitrogen and oxygen atoms in total. The molecule has 69 heavy (non-hydrogen) atoms. The Labute approximate surface area is 412 Å². The van der Waals surface area contributed by atoms with Gasteiger partial charge in [-0.05, 0) is 108 Å². The minimum Gasteiger partial charge on any atom is -0.375 e. The van der Waals surface area contributed by atoms with Gasteiger partial charge >= 0.3 is 0 Å². The van der Waals surface area contributed by atoms with Gasteiger partial charge in [0.1, 0.15) is 16.9 Å². The summed E-state index contributed by atoms with van der Waals surface area (Å²) in [6.07, 6.45) is 3.34. The molecule has 0 saturated carbocycles. The summed E-state index contributed by atoms with van der Waals surface area (Å²) in [7, 11) is 0. The van der Waals surface area contributed by atoms with Gasteiger partial charge in [-0.15, -0.1) is 21.5 Å². The fourth-order valence-electron chi connectivity index (χ4n) is 9.30. The van der Waals surface area contributed by atoms with Crippen LogP contribution in [0.4, 0.5) is 0 Å². The lowest BCUT2D eigenvalue weighted by atomic mass is 9.87. The monoisotopic (exact) mass is 971 g/mol. The lowest BCUT2D eigenvalue weighted by Crippen LogP contribution is -2.52. The number of rotatable bonds is 17. The van der Waals surface area contributed by atoms with E-state index < -0.39 is 17.1 Å². The molecule has 2 aliphatic heterocycles. The van der Waals surface area contributed by atoms with Crippen molar-refractivity contribution in [2.24, 2.45) is 10.4 Å². The van der Waals surface area contributed by atoms with Gasteiger partial charge in [0.15, 0.2) is 5.82 Å². The van der Waals surface area contributed by atoms with Gasteiger partial charge in [0.25, 0.3) is 11.8 Å². The van der Waals surface area contributed by atoms with E-state index in [0.717, 1.165) is 81.1 Å². The molecule has 3 amide bonds. The largest absolute Gasteiger partial charge is 0.375 e. The molecule has 1 atom stereocenters. The summed E-state index contributed by atoms with van der Waals surface area (Å²) in [4.78, 5) is 64.0. The van der Waals surface area contributed by atoms with Crippen molar-refractivity contribution in [1.29, 1.82) is 0 Å². The van der Waals surface area contributed by atoms with Crippen molar-refractivity contribution in [3.63, 3.8) is 0 Å². The number of carbonyl (C=O) groups excluding carboxylic acids is 4. The Balaban J connectivity index is 0.760. The maximum absolute atomic E-state index is 13.8. The number of piperazine rings is 1. The Morgan fingerprint density at radius 2 is 1.61 bits per heavy atom. The highest BCUT2D eigenvalue weighted by Crippen LogP contribution is 2.40. The first-order valence-corrected chi connectivity index (χ1v) is 24.9. The maximum atomic E-state index is 13.8. The topological polar surface area (TPSA) is 156 Å². The first kappa shape index (κ1) is 49.4. The number of fused-ring (bicyclic) bond motifs is 6. The third-order valence-electron chi connectivity index (χ3n) is 13.5. The van der Waals surface area contributed by atoms with Crippen molar-refractivity contribution >= 4 is 74.1 Å². The lowest BCUT2D eigenvalue weighted by Gasteiger charge is -2.39. The summed E-state index contributed by atoms with van der Waals surface area (Å²) in [5.41, 5.74) is 4.77. The lowest BCUT2D eigenvalue weighted by molar-refractivity contribution is -0.144. The van der Waals surface area contributed by atoms with E-state index >= 15 is 0 Å². The Hall–Kier alpha value is -6.00. The van der Waals surface area contributed by atoms with Crippen LogP contribution < -0.4 is 10.6 Å². The number of benzene rings is 3.